The van der Waals surface area contributed by atoms with E-state index >= 15 is 0 Å². The van der Waals surface area contributed by atoms with Gasteiger partial charge in [-0.3, -0.25) is 0 Å². The smallest absolute Gasteiger partial charge is 0.399 e. The molecule has 1 aliphatic heterocycles. The number of hydrogen-bond acceptors (Lipinski definition) is 4. The zero-order valence-electron chi connectivity index (χ0n) is 13.2. The van der Waals surface area contributed by atoms with Crippen LogP contribution >= 0.6 is 0 Å². The van der Waals surface area contributed by atoms with Crippen molar-refractivity contribution in [3.8, 4) is 0 Å². The fourth-order valence-electron chi connectivity index (χ4n) is 2.17. The van der Waals surface area contributed by atoms with Crippen LogP contribution < -0.4 is 5.46 Å². The van der Waals surface area contributed by atoms with Gasteiger partial charge >= 0.3 is 7.12 Å². The first-order valence-electron chi connectivity index (χ1n) is 6.98. The first-order valence-corrected chi connectivity index (χ1v) is 6.98. The van der Waals surface area contributed by atoms with Crippen molar-refractivity contribution < 1.29 is 23.2 Å². The average molecular weight is 296 g/mol. The summed E-state index contributed by atoms with van der Waals surface area (Å²) in [6.07, 6.45) is 0. The van der Waals surface area contributed by atoms with Crippen molar-refractivity contribution in [2.24, 2.45) is 0 Å². The summed E-state index contributed by atoms with van der Waals surface area (Å²) in [5.41, 5.74) is 0.0765. The Morgan fingerprint density at radius 2 is 1.76 bits per heavy atom. The van der Waals surface area contributed by atoms with E-state index in [0.29, 0.717) is 11.0 Å². The van der Waals surface area contributed by atoms with Gasteiger partial charge in [-0.1, -0.05) is 12.1 Å². The fraction of sp³-hybridized carbons (Fsp3) is 0.600. The molecule has 1 aromatic carbocycles. The van der Waals surface area contributed by atoms with Crippen molar-refractivity contribution in [3.63, 3.8) is 0 Å². The summed E-state index contributed by atoms with van der Waals surface area (Å²) in [6, 6.07) is 4.86. The van der Waals surface area contributed by atoms with Gasteiger partial charge in [-0.2, -0.15) is 0 Å². The van der Waals surface area contributed by atoms with Crippen LogP contribution in [0.25, 0.3) is 0 Å². The summed E-state index contributed by atoms with van der Waals surface area (Å²) in [7, 11) is 0.804. The first kappa shape index (κ1) is 16.4. The van der Waals surface area contributed by atoms with E-state index in [1.165, 1.54) is 6.07 Å². The number of rotatable bonds is 5. The van der Waals surface area contributed by atoms with Gasteiger partial charge < -0.3 is 18.8 Å². The van der Waals surface area contributed by atoms with E-state index in [-0.39, 0.29) is 19.2 Å². The minimum atomic E-state index is -0.739. The van der Waals surface area contributed by atoms with Crippen LogP contribution in [-0.4, -0.2) is 32.2 Å². The van der Waals surface area contributed by atoms with Gasteiger partial charge in [-0.15, -0.1) is 0 Å². The minimum Gasteiger partial charge on any atom is -0.399 e. The summed E-state index contributed by atoms with van der Waals surface area (Å²) in [5, 5.41) is 0. The molecule has 1 fully saturated rings. The Labute approximate surface area is 125 Å². The van der Waals surface area contributed by atoms with Crippen molar-refractivity contribution >= 4 is 12.6 Å². The molecule has 0 unspecified atom stereocenters. The summed E-state index contributed by atoms with van der Waals surface area (Å²) < 4.78 is 36.3. The molecule has 0 bridgehead atoms. The minimum absolute atomic E-state index is 0.152. The van der Waals surface area contributed by atoms with E-state index in [9.17, 15) is 4.39 Å². The van der Waals surface area contributed by atoms with Crippen molar-refractivity contribution in [2.45, 2.75) is 45.5 Å². The zero-order valence-corrected chi connectivity index (χ0v) is 13.2. The molecule has 1 heterocycles. The van der Waals surface area contributed by atoms with Gasteiger partial charge in [0.15, 0.2) is 0 Å². The average Bonchev–Trinajstić information content (AvgIpc) is 2.58. The van der Waals surface area contributed by atoms with Crippen LogP contribution in [0.2, 0.25) is 0 Å². The molecule has 0 aliphatic carbocycles. The van der Waals surface area contributed by atoms with Gasteiger partial charge in [-0.25, -0.2) is 4.39 Å². The Hall–Kier alpha value is -0.945. The standard InChI is InChI=1S/C15H22BFO4/c1-14(2)15(3,4)21-16(20-14)13-11(9-19-10-18-5)7-6-8-12(13)17/h6-8H,9-10H2,1-5H3. The lowest BCUT2D eigenvalue weighted by atomic mass is 9.75. The molecule has 1 aliphatic rings. The van der Waals surface area contributed by atoms with E-state index in [0.717, 1.165) is 0 Å². The van der Waals surface area contributed by atoms with Gasteiger partial charge in [0, 0.05) is 12.6 Å². The molecule has 0 radical (unpaired) electrons. The van der Waals surface area contributed by atoms with E-state index in [2.05, 4.69) is 0 Å². The molecule has 1 aromatic rings. The molecule has 116 valence electrons. The lowest BCUT2D eigenvalue weighted by molar-refractivity contribution is -0.0389. The highest BCUT2D eigenvalue weighted by atomic mass is 19.1. The van der Waals surface area contributed by atoms with E-state index < -0.39 is 18.3 Å². The normalized spacial score (nSPS) is 20.0. The topological polar surface area (TPSA) is 36.9 Å². The molecule has 0 N–H and O–H groups in total. The summed E-state index contributed by atoms with van der Waals surface area (Å²) >= 11 is 0. The maximum atomic E-state index is 14.3. The second-order valence-corrected chi connectivity index (χ2v) is 6.16. The molecule has 0 saturated carbocycles. The molecule has 21 heavy (non-hydrogen) atoms. The molecule has 6 heteroatoms. The van der Waals surface area contributed by atoms with Crippen LogP contribution in [0.15, 0.2) is 18.2 Å². The van der Waals surface area contributed by atoms with Crippen LogP contribution in [-0.2, 0) is 25.4 Å². The van der Waals surface area contributed by atoms with Crippen LogP contribution in [0.3, 0.4) is 0 Å². The van der Waals surface area contributed by atoms with Gasteiger partial charge in [0.1, 0.15) is 12.6 Å². The number of ether oxygens (including phenoxy) is 2. The second kappa shape index (κ2) is 6.05. The highest BCUT2D eigenvalue weighted by Crippen LogP contribution is 2.36. The number of benzene rings is 1. The highest BCUT2D eigenvalue weighted by Gasteiger charge is 2.52. The Morgan fingerprint density at radius 1 is 1.14 bits per heavy atom. The monoisotopic (exact) mass is 296 g/mol. The predicted molar refractivity (Wildman–Crippen MR) is 78.8 cm³/mol. The maximum Gasteiger partial charge on any atom is 0.498 e. The predicted octanol–water partition coefficient (Wildman–Crippen LogP) is 2.25. The van der Waals surface area contributed by atoms with Crippen molar-refractivity contribution in [3.05, 3.63) is 29.6 Å². The third-order valence-electron chi connectivity index (χ3n) is 4.09. The molecule has 0 atom stereocenters. The Bertz CT molecular complexity index is 488. The molecule has 4 nitrogen and oxygen atoms in total. The van der Waals surface area contributed by atoms with Crippen molar-refractivity contribution in [1.29, 1.82) is 0 Å². The fourth-order valence-corrected chi connectivity index (χ4v) is 2.17. The Morgan fingerprint density at radius 3 is 2.33 bits per heavy atom. The van der Waals surface area contributed by atoms with E-state index in [1.54, 1.807) is 19.2 Å². The number of hydrogen-bond donors (Lipinski definition) is 0. The van der Waals surface area contributed by atoms with Crippen molar-refractivity contribution in [2.75, 3.05) is 13.9 Å². The van der Waals surface area contributed by atoms with Crippen LogP contribution in [0.1, 0.15) is 33.3 Å². The summed E-state index contributed by atoms with van der Waals surface area (Å²) in [5.74, 6) is -0.355. The third-order valence-corrected chi connectivity index (χ3v) is 4.09. The molecule has 0 aromatic heterocycles. The first-order chi connectivity index (χ1) is 9.78. The zero-order chi connectivity index (χ0) is 15.7. The molecule has 0 spiro atoms. The quantitative estimate of drug-likeness (QED) is 0.474. The SMILES string of the molecule is COCOCc1cccc(F)c1B1OC(C)(C)C(C)(C)O1. The Kier molecular flexibility index (Phi) is 4.73. The second-order valence-electron chi connectivity index (χ2n) is 6.16. The summed E-state index contributed by atoms with van der Waals surface area (Å²) in [6.45, 7) is 8.15. The molecular formula is C15H22BFO4. The lowest BCUT2D eigenvalue weighted by Gasteiger charge is -2.32. The maximum absolute atomic E-state index is 14.3. The highest BCUT2D eigenvalue weighted by molar-refractivity contribution is 6.62. The largest absolute Gasteiger partial charge is 0.498 e. The molecule has 0 amide bonds. The Balaban J connectivity index is 2.27. The van der Waals surface area contributed by atoms with Crippen LogP contribution in [0, 0.1) is 5.82 Å². The lowest BCUT2D eigenvalue weighted by Crippen LogP contribution is -2.41. The number of halogens is 1. The number of methoxy groups -OCH3 is 1. The third kappa shape index (κ3) is 3.29. The van der Waals surface area contributed by atoms with Crippen molar-refractivity contribution in [1.82, 2.24) is 0 Å². The van der Waals surface area contributed by atoms with Gasteiger partial charge in [-0.05, 0) is 39.3 Å². The summed E-state index contributed by atoms with van der Waals surface area (Å²) in [4.78, 5) is 0. The van der Waals surface area contributed by atoms with Crippen LogP contribution in [0.5, 0.6) is 0 Å². The van der Waals surface area contributed by atoms with Gasteiger partial charge in [0.05, 0.1) is 17.8 Å². The van der Waals surface area contributed by atoms with Crippen LogP contribution in [0.4, 0.5) is 4.39 Å². The molecule has 2 rings (SSSR count). The van der Waals surface area contributed by atoms with Gasteiger partial charge in [0.2, 0.25) is 0 Å². The van der Waals surface area contributed by atoms with E-state index in [4.69, 9.17) is 18.8 Å². The molecule has 1 saturated heterocycles. The van der Waals surface area contributed by atoms with E-state index in [1.807, 2.05) is 27.7 Å². The van der Waals surface area contributed by atoms with Gasteiger partial charge in [0.25, 0.3) is 0 Å². The molecular weight excluding hydrogens is 274 g/mol.